The largest absolute Gasteiger partial charge is 0.337 e. The summed E-state index contributed by atoms with van der Waals surface area (Å²) in [6, 6.07) is 15.4. The second-order valence-electron chi connectivity index (χ2n) is 6.92. The van der Waals surface area contributed by atoms with Crippen molar-refractivity contribution in [3.63, 3.8) is 0 Å². The lowest BCUT2D eigenvalue weighted by molar-refractivity contribution is 0.193. The average Bonchev–Trinajstić information content (AvgIpc) is 3.33. The van der Waals surface area contributed by atoms with Crippen LogP contribution >= 0.6 is 0 Å². The number of aryl methyl sites for hydroxylation is 2. The van der Waals surface area contributed by atoms with E-state index in [9.17, 15) is 4.79 Å². The Labute approximate surface area is 158 Å². The average molecular weight is 362 g/mol. The molecule has 2 amide bonds. The van der Waals surface area contributed by atoms with Gasteiger partial charge in [-0.15, -0.1) is 0 Å². The lowest BCUT2D eigenvalue weighted by atomic mass is 10.1. The van der Waals surface area contributed by atoms with Crippen molar-refractivity contribution in [1.82, 2.24) is 15.0 Å². The molecule has 27 heavy (non-hydrogen) atoms. The normalized spacial score (nSPS) is 16.5. The molecule has 1 aromatic heterocycles. The topological polar surface area (TPSA) is 71.3 Å². The second-order valence-corrected chi connectivity index (χ2v) is 6.92. The first-order valence-electron chi connectivity index (χ1n) is 9.16. The molecule has 0 saturated carbocycles. The Bertz CT molecular complexity index is 952. The van der Waals surface area contributed by atoms with Crippen molar-refractivity contribution in [2.45, 2.75) is 32.7 Å². The first-order valence-corrected chi connectivity index (χ1v) is 9.16. The van der Waals surface area contributed by atoms with Crippen LogP contribution in [-0.4, -0.2) is 27.6 Å². The van der Waals surface area contributed by atoms with Crippen LogP contribution in [0.2, 0.25) is 0 Å². The van der Waals surface area contributed by atoms with E-state index in [0.29, 0.717) is 18.3 Å². The number of hydrogen-bond donors (Lipinski definition) is 1. The van der Waals surface area contributed by atoms with Crippen LogP contribution in [0.1, 0.15) is 35.9 Å². The van der Waals surface area contributed by atoms with Crippen LogP contribution in [-0.2, 0) is 0 Å². The van der Waals surface area contributed by atoms with Crippen molar-refractivity contribution in [3.8, 4) is 11.4 Å². The highest BCUT2D eigenvalue weighted by Gasteiger charge is 2.34. The van der Waals surface area contributed by atoms with Crippen molar-refractivity contribution in [2.24, 2.45) is 0 Å². The molecule has 1 aliphatic rings. The van der Waals surface area contributed by atoms with Crippen LogP contribution in [0.4, 0.5) is 10.5 Å². The minimum Gasteiger partial charge on any atom is -0.337 e. The first-order chi connectivity index (χ1) is 13.1. The van der Waals surface area contributed by atoms with Gasteiger partial charge in [0.25, 0.3) is 0 Å². The Morgan fingerprint density at radius 3 is 2.78 bits per heavy atom. The number of carbonyl (C=O) groups excluding carboxylic acids is 1. The lowest BCUT2D eigenvalue weighted by Gasteiger charge is -2.22. The summed E-state index contributed by atoms with van der Waals surface area (Å²) in [5.74, 6) is 1.04. The molecule has 6 nitrogen and oxygen atoms in total. The molecular formula is C21H22N4O2. The molecule has 0 radical (unpaired) electrons. The van der Waals surface area contributed by atoms with Gasteiger partial charge in [-0.2, -0.15) is 4.98 Å². The van der Waals surface area contributed by atoms with Gasteiger partial charge in [0, 0.05) is 17.8 Å². The highest BCUT2D eigenvalue weighted by atomic mass is 16.5. The zero-order valence-corrected chi connectivity index (χ0v) is 15.5. The van der Waals surface area contributed by atoms with E-state index in [1.807, 2.05) is 56.3 Å². The van der Waals surface area contributed by atoms with E-state index in [-0.39, 0.29) is 12.1 Å². The number of carbonyl (C=O) groups is 1. The number of aromatic nitrogens is 2. The Kier molecular flexibility index (Phi) is 4.62. The van der Waals surface area contributed by atoms with Crippen molar-refractivity contribution in [1.29, 1.82) is 0 Å². The molecular weight excluding hydrogens is 340 g/mol. The van der Waals surface area contributed by atoms with Crippen molar-refractivity contribution < 1.29 is 9.32 Å². The Balaban J connectivity index is 1.52. The fourth-order valence-electron chi connectivity index (χ4n) is 3.48. The van der Waals surface area contributed by atoms with Crippen LogP contribution in [0.25, 0.3) is 11.4 Å². The zero-order valence-electron chi connectivity index (χ0n) is 15.5. The van der Waals surface area contributed by atoms with Gasteiger partial charge in [-0.3, -0.25) is 0 Å². The Morgan fingerprint density at radius 2 is 2.00 bits per heavy atom. The molecule has 1 aliphatic heterocycles. The summed E-state index contributed by atoms with van der Waals surface area (Å²) in [6.45, 7) is 4.70. The van der Waals surface area contributed by atoms with E-state index in [0.717, 1.165) is 29.7 Å². The quantitative estimate of drug-likeness (QED) is 0.732. The summed E-state index contributed by atoms with van der Waals surface area (Å²) < 4.78 is 5.49. The highest BCUT2D eigenvalue weighted by Crippen LogP contribution is 2.32. The van der Waals surface area contributed by atoms with Crippen LogP contribution < -0.4 is 5.32 Å². The minimum atomic E-state index is -0.194. The predicted molar refractivity (Wildman–Crippen MR) is 103 cm³/mol. The molecule has 1 atom stereocenters. The molecule has 0 aliphatic carbocycles. The summed E-state index contributed by atoms with van der Waals surface area (Å²) in [7, 11) is 0. The molecule has 6 heteroatoms. The molecule has 0 unspecified atom stereocenters. The number of nitrogens with one attached hydrogen (secondary N) is 1. The smallest absolute Gasteiger partial charge is 0.322 e. The van der Waals surface area contributed by atoms with E-state index in [2.05, 4.69) is 21.5 Å². The fourth-order valence-corrected chi connectivity index (χ4v) is 3.48. The van der Waals surface area contributed by atoms with Gasteiger partial charge in [-0.1, -0.05) is 53.2 Å². The number of rotatable bonds is 3. The van der Waals surface area contributed by atoms with Gasteiger partial charge in [-0.05, 0) is 38.3 Å². The van der Waals surface area contributed by atoms with Crippen LogP contribution in [0, 0.1) is 13.8 Å². The maximum Gasteiger partial charge on any atom is 0.322 e. The van der Waals surface area contributed by atoms with E-state index in [1.165, 1.54) is 5.56 Å². The summed E-state index contributed by atoms with van der Waals surface area (Å²) in [4.78, 5) is 19.1. The highest BCUT2D eigenvalue weighted by molar-refractivity contribution is 5.90. The van der Waals surface area contributed by atoms with Crippen molar-refractivity contribution in [2.75, 3.05) is 11.9 Å². The molecule has 1 saturated heterocycles. The van der Waals surface area contributed by atoms with Crippen LogP contribution in [0.3, 0.4) is 0 Å². The number of amides is 2. The number of likely N-dealkylation sites (tertiary alicyclic amines) is 1. The minimum absolute atomic E-state index is 0.135. The third-order valence-corrected chi connectivity index (χ3v) is 4.90. The number of benzene rings is 2. The van der Waals surface area contributed by atoms with E-state index in [1.54, 1.807) is 4.90 Å². The molecule has 2 aromatic carbocycles. The van der Waals surface area contributed by atoms with Gasteiger partial charge in [0.05, 0.1) is 0 Å². The molecule has 4 rings (SSSR count). The number of anilines is 1. The zero-order chi connectivity index (χ0) is 18.8. The third-order valence-electron chi connectivity index (χ3n) is 4.90. The summed E-state index contributed by atoms with van der Waals surface area (Å²) in [6.07, 6.45) is 1.73. The standard InChI is InChI=1S/C21H22N4O2/c1-14-10-11-17(15(2)13-14)22-21(26)25-12-6-9-18(25)20-23-19(24-27-20)16-7-4-3-5-8-16/h3-5,7-8,10-11,13,18H,6,9,12H2,1-2H3,(H,22,26)/t18-/m0/s1. The molecule has 3 aromatic rings. The van der Waals surface area contributed by atoms with Gasteiger partial charge < -0.3 is 14.7 Å². The number of nitrogens with zero attached hydrogens (tertiary/aromatic N) is 3. The van der Waals surface area contributed by atoms with Gasteiger partial charge in [0.2, 0.25) is 11.7 Å². The fraction of sp³-hybridized carbons (Fsp3) is 0.286. The van der Waals surface area contributed by atoms with Gasteiger partial charge >= 0.3 is 6.03 Å². The monoisotopic (exact) mass is 362 g/mol. The van der Waals surface area contributed by atoms with Crippen LogP contribution in [0.15, 0.2) is 53.1 Å². The Morgan fingerprint density at radius 1 is 1.19 bits per heavy atom. The predicted octanol–water partition coefficient (Wildman–Crippen LogP) is 4.72. The van der Waals surface area contributed by atoms with E-state index < -0.39 is 0 Å². The molecule has 0 bridgehead atoms. The molecule has 0 spiro atoms. The number of hydrogen-bond acceptors (Lipinski definition) is 4. The maximum atomic E-state index is 12.8. The first kappa shape index (κ1) is 17.3. The van der Waals surface area contributed by atoms with E-state index in [4.69, 9.17) is 4.52 Å². The van der Waals surface area contributed by atoms with Crippen molar-refractivity contribution >= 4 is 11.7 Å². The Hall–Kier alpha value is -3.15. The van der Waals surface area contributed by atoms with Gasteiger partial charge in [0.15, 0.2) is 0 Å². The lowest BCUT2D eigenvalue weighted by Crippen LogP contribution is -2.34. The number of urea groups is 1. The molecule has 1 N–H and O–H groups in total. The summed E-state index contributed by atoms with van der Waals surface area (Å²) in [5, 5.41) is 7.10. The van der Waals surface area contributed by atoms with E-state index >= 15 is 0 Å². The van der Waals surface area contributed by atoms with Gasteiger partial charge in [-0.25, -0.2) is 4.79 Å². The van der Waals surface area contributed by atoms with Gasteiger partial charge in [0.1, 0.15) is 6.04 Å². The van der Waals surface area contributed by atoms with Crippen molar-refractivity contribution in [3.05, 3.63) is 65.5 Å². The SMILES string of the molecule is Cc1ccc(NC(=O)N2CCC[C@H]2c2nc(-c3ccccc3)no2)c(C)c1. The summed E-state index contributed by atoms with van der Waals surface area (Å²) >= 11 is 0. The maximum absolute atomic E-state index is 12.8. The molecule has 2 heterocycles. The van der Waals surface area contributed by atoms with Crippen LogP contribution in [0.5, 0.6) is 0 Å². The summed E-state index contributed by atoms with van der Waals surface area (Å²) in [5.41, 5.74) is 3.94. The molecule has 138 valence electrons. The molecule has 1 fully saturated rings. The second kappa shape index (κ2) is 7.23. The third kappa shape index (κ3) is 3.56.